The molecule has 0 atom stereocenters. The lowest BCUT2D eigenvalue weighted by atomic mass is 10.1. The van der Waals surface area contributed by atoms with Crippen LogP contribution in [0.3, 0.4) is 0 Å². The molecule has 0 bridgehead atoms. The second kappa shape index (κ2) is 5.39. The molecule has 0 radical (unpaired) electrons. The van der Waals surface area contributed by atoms with Gasteiger partial charge in [-0.25, -0.2) is 4.39 Å². The average Bonchev–Trinajstić information content (AvgIpc) is 2.39. The van der Waals surface area contributed by atoms with Crippen molar-refractivity contribution >= 4 is 11.6 Å². The molecular formula is C14H12FNO3. The van der Waals surface area contributed by atoms with Crippen molar-refractivity contribution in [3.8, 4) is 11.5 Å². The van der Waals surface area contributed by atoms with Crippen molar-refractivity contribution in [1.82, 2.24) is 0 Å². The molecule has 98 valence electrons. The van der Waals surface area contributed by atoms with Gasteiger partial charge in [0.1, 0.15) is 17.3 Å². The highest BCUT2D eigenvalue weighted by atomic mass is 19.1. The van der Waals surface area contributed by atoms with E-state index in [9.17, 15) is 14.3 Å². The SMILES string of the molecule is COc1ccc(O)c(C(=O)Nc2cccc(F)c2)c1. The lowest BCUT2D eigenvalue weighted by molar-refractivity contribution is 0.102. The molecule has 0 unspecified atom stereocenters. The van der Waals surface area contributed by atoms with E-state index in [-0.39, 0.29) is 11.3 Å². The Hall–Kier alpha value is -2.56. The van der Waals surface area contributed by atoms with Gasteiger partial charge in [-0.2, -0.15) is 0 Å². The van der Waals surface area contributed by atoms with Crippen LogP contribution in [0.4, 0.5) is 10.1 Å². The highest BCUT2D eigenvalue weighted by Crippen LogP contribution is 2.24. The Kier molecular flexibility index (Phi) is 3.66. The summed E-state index contributed by atoms with van der Waals surface area (Å²) in [6, 6.07) is 9.81. The number of methoxy groups -OCH3 is 1. The van der Waals surface area contributed by atoms with Crippen LogP contribution in [-0.2, 0) is 0 Å². The number of ether oxygens (including phenoxy) is 1. The van der Waals surface area contributed by atoms with Gasteiger partial charge in [-0.15, -0.1) is 0 Å². The van der Waals surface area contributed by atoms with Gasteiger partial charge in [-0.05, 0) is 36.4 Å². The summed E-state index contributed by atoms with van der Waals surface area (Å²) in [5, 5.41) is 12.1. The maximum atomic E-state index is 13.0. The van der Waals surface area contributed by atoms with E-state index in [1.165, 1.54) is 43.5 Å². The van der Waals surface area contributed by atoms with Gasteiger partial charge in [0.15, 0.2) is 0 Å². The standard InChI is InChI=1S/C14H12FNO3/c1-19-11-5-6-13(17)12(8-11)14(18)16-10-4-2-3-9(15)7-10/h2-8,17H,1H3,(H,16,18). The largest absolute Gasteiger partial charge is 0.507 e. The molecule has 0 fully saturated rings. The zero-order valence-corrected chi connectivity index (χ0v) is 10.2. The van der Waals surface area contributed by atoms with Crippen LogP contribution in [0.2, 0.25) is 0 Å². The molecule has 5 heteroatoms. The molecule has 2 N–H and O–H groups in total. The van der Waals surface area contributed by atoms with E-state index in [2.05, 4.69) is 5.32 Å². The minimum atomic E-state index is -0.540. The lowest BCUT2D eigenvalue weighted by Crippen LogP contribution is -2.12. The first-order valence-corrected chi connectivity index (χ1v) is 5.54. The first-order chi connectivity index (χ1) is 9.10. The summed E-state index contributed by atoms with van der Waals surface area (Å²) in [7, 11) is 1.46. The molecule has 0 heterocycles. The number of carbonyl (C=O) groups is 1. The van der Waals surface area contributed by atoms with Crippen LogP contribution in [0.15, 0.2) is 42.5 Å². The minimum absolute atomic E-state index is 0.0589. The Bertz CT molecular complexity index is 613. The van der Waals surface area contributed by atoms with Crippen LogP contribution in [-0.4, -0.2) is 18.1 Å². The molecule has 2 aromatic rings. The number of benzene rings is 2. The number of carbonyl (C=O) groups excluding carboxylic acids is 1. The summed E-state index contributed by atoms with van der Waals surface area (Å²) in [4.78, 5) is 12.0. The smallest absolute Gasteiger partial charge is 0.259 e. The predicted octanol–water partition coefficient (Wildman–Crippen LogP) is 2.79. The number of anilines is 1. The van der Waals surface area contributed by atoms with E-state index in [4.69, 9.17) is 4.74 Å². The van der Waals surface area contributed by atoms with Crippen molar-refractivity contribution in [2.75, 3.05) is 12.4 Å². The third-order valence-electron chi connectivity index (χ3n) is 2.53. The van der Waals surface area contributed by atoms with Crippen molar-refractivity contribution in [3.05, 3.63) is 53.8 Å². The average molecular weight is 261 g/mol. The molecule has 0 saturated heterocycles. The molecule has 0 spiro atoms. The fourth-order valence-corrected chi connectivity index (χ4v) is 1.59. The molecule has 0 aliphatic heterocycles. The lowest BCUT2D eigenvalue weighted by Gasteiger charge is -2.08. The van der Waals surface area contributed by atoms with E-state index < -0.39 is 11.7 Å². The van der Waals surface area contributed by atoms with Gasteiger partial charge in [0, 0.05) is 5.69 Å². The third kappa shape index (κ3) is 3.01. The van der Waals surface area contributed by atoms with Crippen molar-refractivity contribution in [2.45, 2.75) is 0 Å². The van der Waals surface area contributed by atoms with Crippen molar-refractivity contribution in [2.24, 2.45) is 0 Å². The van der Waals surface area contributed by atoms with E-state index in [1.807, 2.05) is 0 Å². The van der Waals surface area contributed by atoms with Crippen LogP contribution >= 0.6 is 0 Å². The zero-order valence-electron chi connectivity index (χ0n) is 10.2. The summed E-state index contributed by atoms with van der Waals surface area (Å²) >= 11 is 0. The topological polar surface area (TPSA) is 58.6 Å². The van der Waals surface area contributed by atoms with E-state index in [0.29, 0.717) is 11.4 Å². The number of amides is 1. The fourth-order valence-electron chi connectivity index (χ4n) is 1.59. The van der Waals surface area contributed by atoms with E-state index in [1.54, 1.807) is 6.07 Å². The van der Waals surface area contributed by atoms with Gasteiger partial charge in [-0.1, -0.05) is 6.07 Å². The number of nitrogens with one attached hydrogen (secondary N) is 1. The Morgan fingerprint density at radius 1 is 1.26 bits per heavy atom. The van der Waals surface area contributed by atoms with Gasteiger partial charge < -0.3 is 15.2 Å². The molecule has 4 nitrogen and oxygen atoms in total. The third-order valence-corrected chi connectivity index (χ3v) is 2.53. The Morgan fingerprint density at radius 2 is 2.05 bits per heavy atom. The van der Waals surface area contributed by atoms with Crippen molar-refractivity contribution in [3.63, 3.8) is 0 Å². The minimum Gasteiger partial charge on any atom is -0.507 e. The first kappa shape index (κ1) is 12.9. The highest BCUT2D eigenvalue weighted by Gasteiger charge is 2.12. The van der Waals surface area contributed by atoms with E-state index in [0.717, 1.165) is 0 Å². The fraction of sp³-hybridized carbons (Fsp3) is 0.0714. The molecule has 0 aromatic heterocycles. The first-order valence-electron chi connectivity index (χ1n) is 5.54. The summed E-state index contributed by atoms with van der Waals surface area (Å²) in [5.74, 6) is -0.716. The number of phenolic OH excluding ortho intramolecular Hbond substituents is 1. The molecule has 19 heavy (non-hydrogen) atoms. The number of phenols is 1. The van der Waals surface area contributed by atoms with Crippen molar-refractivity contribution < 1.29 is 19.0 Å². The number of aromatic hydroxyl groups is 1. The van der Waals surface area contributed by atoms with Crippen LogP contribution in [0.25, 0.3) is 0 Å². The van der Waals surface area contributed by atoms with Crippen molar-refractivity contribution in [1.29, 1.82) is 0 Å². The normalized spacial score (nSPS) is 10.0. The van der Waals surface area contributed by atoms with E-state index >= 15 is 0 Å². The molecule has 1 amide bonds. The molecule has 2 rings (SSSR count). The van der Waals surface area contributed by atoms with Crippen LogP contribution in [0, 0.1) is 5.82 Å². The Morgan fingerprint density at radius 3 is 2.74 bits per heavy atom. The van der Waals surface area contributed by atoms with Crippen LogP contribution in [0.1, 0.15) is 10.4 Å². The number of halogens is 1. The maximum absolute atomic E-state index is 13.0. The van der Waals surface area contributed by atoms with Gasteiger partial charge in [0.05, 0.1) is 12.7 Å². The number of hydrogen-bond donors (Lipinski definition) is 2. The summed E-state index contributed by atoms with van der Waals surface area (Å²) in [6.07, 6.45) is 0. The molecule has 2 aromatic carbocycles. The van der Waals surface area contributed by atoms with Gasteiger partial charge in [0.25, 0.3) is 5.91 Å². The Balaban J connectivity index is 2.25. The monoisotopic (exact) mass is 261 g/mol. The van der Waals surface area contributed by atoms with Crippen LogP contribution in [0.5, 0.6) is 11.5 Å². The van der Waals surface area contributed by atoms with Gasteiger partial charge >= 0.3 is 0 Å². The molecule has 0 aliphatic carbocycles. The summed E-state index contributed by atoms with van der Waals surface area (Å²) in [5.41, 5.74) is 0.371. The van der Waals surface area contributed by atoms with Gasteiger partial charge in [-0.3, -0.25) is 4.79 Å². The number of rotatable bonds is 3. The van der Waals surface area contributed by atoms with Crippen LogP contribution < -0.4 is 10.1 Å². The predicted molar refractivity (Wildman–Crippen MR) is 69.0 cm³/mol. The second-order valence-electron chi connectivity index (χ2n) is 3.85. The molecule has 0 saturated carbocycles. The highest BCUT2D eigenvalue weighted by molar-refractivity contribution is 6.06. The molecular weight excluding hydrogens is 249 g/mol. The summed E-state index contributed by atoms with van der Waals surface area (Å²) < 4.78 is 18.0. The zero-order chi connectivity index (χ0) is 13.8. The Labute approximate surface area is 109 Å². The second-order valence-corrected chi connectivity index (χ2v) is 3.85. The van der Waals surface area contributed by atoms with Gasteiger partial charge in [0.2, 0.25) is 0 Å². The summed E-state index contributed by atoms with van der Waals surface area (Å²) in [6.45, 7) is 0. The quantitative estimate of drug-likeness (QED) is 0.893. The maximum Gasteiger partial charge on any atom is 0.259 e. The number of hydrogen-bond acceptors (Lipinski definition) is 3. The molecule has 0 aliphatic rings.